The van der Waals surface area contributed by atoms with Crippen LogP contribution in [0.3, 0.4) is 0 Å². The second-order valence-electron chi connectivity index (χ2n) is 2.17. The fraction of sp³-hybridized carbons (Fsp3) is 0.100. The lowest BCUT2D eigenvalue weighted by Gasteiger charge is -1.86. The maximum Gasteiger partial charge on any atom is 0.0340 e. The maximum atomic E-state index is 4.05. The Hall–Kier alpha value is -1.37. The molecular formula is C10H11N. The normalized spacial score (nSPS) is 11.4. The van der Waals surface area contributed by atoms with Crippen LogP contribution in [0.1, 0.15) is 12.5 Å². The van der Waals surface area contributed by atoms with Crippen molar-refractivity contribution in [1.29, 1.82) is 0 Å². The lowest BCUT2D eigenvalue weighted by Crippen LogP contribution is -1.75. The van der Waals surface area contributed by atoms with Crippen molar-refractivity contribution in [3.8, 4) is 0 Å². The highest BCUT2D eigenvalue weighted by Gasteiger charge is 1.79. The molecule has 0 bridgehead atoms. The van der Waals surface area contributed by atoms with Gasteiger partial charge in [0.1, 0.15) is 0 Å². The Balaban J connectivity index is 2.64. The molecule has 0 saturated heterocycles. The average molecular weight is 145 g/mol. The van der Waals surface area contributed by atoms with Crippen molar-refractivity contribution in [2.24, 2.45) is 4.99 Å². The maximum absolute atomic E-state index is 4.05. The van der Waals surface area contributed by atoms with Crippen LogP contribution >= 0.6 is 0 Å². The summed E-state index contributed by atoms with van der Waals surface area (Å²) in [7, 11) is 0. The number of rotatable bonds is 2. The van der Waals surface area contributed by atoms with E-state index in [1.807, 2.05) is 49.5 Å². The SMILES string of the molecule is C/C=C\N=Cc1ccccc1. The van der Waals surface area contributed by atoms with Crippen molar-refractivity contribution < 1.29 is 0 Å². The first-order chi connectivity index (χ1) is 5.43. The van der Waals surface area contributed by atoms with E-state index in [0.717, 1.165) is 5.56 Å². The molecule has 0 aromatic heterocycles. The molecule has 0 atom stereocenters. The zero-order valence-electron chi connectivity index (χ0n) is 6.57. The van der Waals surface area contributed by atoms with Gasteiger partial charge in [-0.05, 0) is 12.5 Å². The lowest BCUT2D eigenvalue weighted by atomic mass is 10.2. The van der Waals surface area contributed by atoms with E-state index in [9.17, 15) is 0 Å². The van der Waals surface area contributed by atoms with Gasteiger partial charge in [-0.25, -0.2) is 0 Å². The number of hydrogen-bond donors (Lipinski definition) is 0. The van der Waals surface area contributed by atoms with Crippen molar-refractivity contribution in [2.45, 2.75) is 6.92 Å². The first-order valence-corrected chi connectivity index (χ1v) is 3.63. The van der Waals surface area contributed by atoms with E-state index in [1.54, 1.807) is 6.20 Å². The minimum absolute atomic E-state index is 1.13. The van der Waals surface area contributed by atoms with Gasteiger partial charge < -0.3 is 0 Å². The fourth-order valence-corrected chi connectivity index (χ4v) is 0.754. The fourth-order valence-electron chi connectivity index (χ4n) is 0.754. The molecule has 0 heterocycles. The first kappa shape index (κ1) is 7.73. The highest BCUT2D eigenvalue weighted by atomic mass is 14.7. The third-order valence-corrected chi connectivity index (χ3v) is 1.26. The largest absolute Gasteiger partial charge is 0.264 e. The van der Waals surface area contributed by atoms with E-state index in [0.29, 0.717) is 0 Å². The highest BCUT2D eigenvalue weighted by molar-refractivity contribution is 5.79. The van der Waals surface area contributed by atoms with E-state index in [2.05, 4.69) is 4.99 Å². The Morgan fingerprint density at radius 2 is 1.91 bits per heavy atom. The van der Waals surface area contributed by atoms with Gasteiger partial charge in [-0.2, -0.15) is 0 Å². The molecule has 0 fully saturated rings. The summed E-state index contributed by atoms with van der Waals surface area (Å²) in [4.78, 5) is 4.05. The van der Waals surface area contributed by atoms with Crippen molar-refractivity contribution in [3.05, 3.63) is 48.2 Å². The van der Waals surface area contributed by atoms with Crippen LogP contribution in [0.4, 0.5) is 0 Å². The second kappa shape index (κ2) is 4.45. The van der Waals surface area contributed by atoms with E-state index in [4.69, 9.17) is 0 Å². The molecule has 1 nitrogen and oxygen atoms in total. The van der Waals surface area contributed by atoms with Gasteiger partial charge >= 0.3 is 0 Å². The van der Waals surface area contributed by atoms with Crippen molar-refractivity contribution in [3.63, 3.8) is 0 Å². The van der Waals surface area contributed by atoms with Crippen LogP contribution in [0, 0.1) is 0 Å². The predicted molar refractivity (Wildman–Crippen MR) is 48.9 cm³/mol. The molecule has 0 unspecified atom stereocenters. The van der Waals surface area contributed by atoms with Crippen LogP contribution in [-0.4, -0.2) is 6.21 Å². The summed E-state index contributed by atoms with van der Waals surface area (Å²) >= 11 is 0. The second-order valence-corrected chi connectivity index (χ2v) is 2.17. The quantitative estimate of drug-likeness (QED) is 0.567. The van der Waals surface area contributed by atoms with Gasteiger partial charge in [0.25, 0.3) is 0 Å². The zero-order chi connectivity index (χ0) is 7.94. The number of aliphatic imine (C=N–C) groups is 1. The number of benzene rings is 1. The van der Waals surface area contributed by atoms with E-state index >= 15 is 0 Å². The molecule has 0 spiro atoms. The van der Waals surface area contributed by atoms with Crippen LogP contribution < -0.4 is 0 Å². The number of nitrogens with zero attached hydrogens (tertiary/aromatic N) is 1. The zero-order valence-corrected chi connectivity index (χ0v) is 6.57. The molecular weight excluding hydrogens is 134 g/mol. The Morgan fingerprint density at radius 1 is 1.18 bits per heavy atom. The molecule has 0 amide bonds. The van der Waals surface area contributed by atoms with E-state index < -0.39 is 0 Å². The molecule has 0 N–H and O–H groups in total. The molecule has 1 rings (SSSR count). The summed E-state index contributed by atoms with van der Waals surface area (Å²) in [5, 5.41) is 0. The Labute approximate surface area is 67.1 Å². The van der Waals surface area contributed by atoms with Crippen LogP contribution in [0.2, 0.25) is 0 Å². The molecule has 0 saturated carbocycles. The van der Waals surface area contributed by atoms with Crippen LogP contribution in [0.25, 0.3) is 0 Å². The summed E-state index contributed by atoms with van der Waals surface area (Å²) < 4.78 is 0. The summed E-state index contributed by atoms with van der Waals surface area (Å²) in [5.74, 6) is 0. The minimum Gasteiger partial charge on any atom is -0.264 e. The third kappa shape index (κ3) is 2.80. The lowest BCUT2D eigenvalue weighted by molar-refractivity contribution is 1.53. The van der Waals surface area contributed by atoms with Gasteiger partial charge in [-0.3, -0.25) is 4.99 Å². The topological polar surface area (TPSA) is 12.4 Å². The molecule has 0 aliphatic heterocycles. The van der Waals surface area contributed by atoms with Gasteiger partial charge in [-0.15, -0.1) is 0 Å². The van der Waals surface area contributed by atoms with E-state index in [-0.39, 0.29) is 0 Å². The molecule has 0 radical (unpaired) electrons. The van der Waals surface area contributed by atoms with Gasteiger partial charge in [0.05, 0.1) is 0 Å². The van der Waals surface area contributed by atoms with Gasteiger partial charge in [0.2, 0.25) is 0 Å². The van der Waals surface area contributed by atoms with Gasteiger partial charge in [0, 0.05) is 12.4 Å². The molecule has 0 aliphatic carbocycles. The van der Waals surface area contributed by atoms with Crippen LogP contribution in [-0.2, 0) is 0 Å². The molecule has 56 valence electrons. The molecule has 1 heteroatoms. The van der Waals surface area contributed by atoms with E-state index in [1.165, 1.54) is 0 Å². The number of hydrogen-bond acceptors (Lipinski definition) is 1. The van der Waals surface area contributed by atoms with Gasteiger partial charge in [-0.1, -0.05) is 36.4 Å². The Morgan fingerprint density at radius 3 is 2.55 bits per heavy atom. The first-order valence-electron chi connectivity index (χ1n) is 3.63. The molecule has 11 heavy (non-hydrogen) atoms. The van der Waals surface area contributed by atoms with Crippen LogP contribution in [0.15, 0.2) is 47.6 Å². The van der Waals surface area contributed by atoms with Crippen molar-refractivity contribution in [2.75, 3.05) is 0 Å². The third-order valence-electron chi connectivity index (χ3n) is 1.26. The predicted octanol–water partition coefficient (Wildman–Crippen LogP) is 2.64. The average Bonchev–Trinajstić information content (AvgIpc) is 2.07. The molecule has 0 aliphatic rings. The van der Waals surface area contributed by atoms with Crippen molar-refractivity contribution in [1.82, 2.24) is 0 Å². The molecule has 1 aromatic rings. The summed E-state index contributed by atoms with van der Waals surface area (Å²) in [5.41, 5.74) is 1.13. The summed E-state index contributed by atoms with van der Waals surface area (Å²) in [6.45, 7) is 1.95. The van der Waals surface area contributed by atoms with Crippen molar-refractivity contribution >= 4 is 6.21 Å². The molecule has 1 aromatic carbocycles. The summed E-state index contributed by atoms with van der Waals surface area (Å²) in [6.07, 6.45) is 5.51. The van der Waals surface area contributed by atoms with Gasteiger partial charge in [0.15, 0.2) is 0 Å². The van der Waals surface area contributed by atoms with Crippen LogP contribution in [0.5, 0.6) is 0 Å². The smallest absolute Gasteiger partial charge is 0.0340 e. The number of allylic oxidation sites excluding steroid dienone is 1. The summed E-state index contributed by atoms with van der Waals surface area (Å²) in [6, 6.07) is 10.0. The highest BCUT2D eigenvalue weighted by Crippen LogP contribution is 1.93. The standard InChI is InChI=1S/C10H11N/c1-2-8-11-9-10-6-4-3-5-7-10/h2-9H,1H3/b8-2-,11-9?. The Kier molecular flexibility index (Phi) is 3.13. The monoisotopic (exact) mass is 145 g/mol. The Bertz CT molecular complexity index is 247. The minimum atomic E-state index is 1.13.